The Morgan fingerprint density at radius 3 is 2.45 bits per heavy atom. The maximum Gasteiger partial charge on any atom is 0.328 e. The van der Waals surface area contributed by atoms with Crippen molar-refractivity contribution in [2.75, 3.05) is 13.7 Å². The molecule has 0 heterocycles. The van der Waals surface area contributed by atoms with Crippen LogP contribution in [0.25, 0.3) is 10.8 Å². The average Bonchev–Trinajstić information content (AvgIpc) is 2.46. The standard InChI is InChI=1S/C18H21NO3/c1-18(2,3)22-16(20)12-19-17(21-4)15-11-7-9-13-8-5-6-10-14(13)15/h5-11H,12H2,1-4H3. The highest BCUT2D eigenvalue weighted by atomic mass is 16.6. The van der Waals surface area contributed by atoms with Gasteiger partial charge in [0.15, 0.2) is 0 Å². The number of nitrogens with zero attached hydrogens (tertiary/aromatic N) is 1. The van der Waals surface area contributed by atoms with Gasteiger partial charge in [-0.25, -0.2) is 4.99 Å². The molecule has 0 N–H and O–H groups in total. The molecule has 0 aliphatic carbocycles. The second-order valence-electron chi connectivity index (χ2n) is 5.94. The molecular formula is C18H21NO3. The van der Waals surface area contributed by atoms with Gasteiger partial charge in [0.25, 0.3) is 0 Å². The molecule has 0 bridgehead atoms. The summed E-state index contributed by atoms with van der Waals surface area (Å²) in [4.78, 5) is 16.1. The van der Waals surface area contributed by atoms with Crippen molar-refractivity contribution in [2.45, 2.75) is 26.4 Å². The molecule has 2 aromatic rings. The fraction of sp³-hybridized carbons (Fsp3) is 0.333. The lowest BCUT2D eigenvalue weighted by Crippen LogP contribution is -2.25. The van der Waals surface area contributed by atoms with Crippen LogP contribution in [0.2, 0.25) is 0 Å². The third-order valence-corrected chi connectivity index (χ3v) is 2.99. The molecule has 0 aromatic heterocycles. The Morgan fingerprint density at radius 1 is 1.09 bits per heavy atom. The molecule has 4 heteroatoms. The molecule has 0 spiro atoms. The Morgan fingerprint density at radius 2 is 1.77 bits per heavy atom. The van der Waals surface area contributed by atoms with E-state index in [1.54, 1.807) is 7.11 Å². The zero-order valence-electron chi connectivity index (χ0n) is 13.4. The summed E-state index contributed by atoms with van der Waals surface area (Å²) in [6, 6.07) is 13.9. The number of aliphatic imine (C=N–C) groups is 1. The van der Waals surface area contributed by atoms with E-state index in [0.29, 0.717) is 5.90 Å². The lowest BCUT2D eigenvalue weighted by molar-refractivity contribution is -0.152. The molecule has 0 amide bonds. The van der Waals surface area contributed by atoms with Crippen LogP contribution in [0.15, 0.2) is 47.5 Å². The van der Waals surface area contributed by atoms with Crippen LogP contribution < -0.4 is 0 Å². The van der Waals surface area contributed by atoms with E-state index in [9.17, 15) is 4.79 Å². The van der Waals surface area contributed by atoms with Gasteiger partial charge in [-0.1, -0.05) is 36.4 Å². The zero-order chi connectivity index (χ0) is 16.2. The minimum absolute atomic E-state index is 0.0658. The maximum absolute atomic E-state index is 11.8. The van der Waals surface area contributed by atoms with Crippen LogP contribution in [-0.4, -0.2) is 31.1 Å². The summed E-state index contributed by atoms with van der Waals surface area (Å²) in [5, 5.41) is 2.14. The van der Waals surface area contributed by atoms with E-state index >= 15 is 0 Å². The van der Waals surface area contributed by atoms with Gasteiger partial charge in [0.05, 0.1) is 7.11 Å². The first kappa shape index (κ1) is 16.0. The molecule has 0 saturated carbocycles. The number of rotatable bonds is 3. The van der Waals surface area contributed by atoms with Crippen LogP contribution in [0, 0.1) is 0 Å². The highest BCUT2D eigenvalue weighted by Crippen LogP contribution is 2.19. The van der Waals surface area contributed by atoms with Crippen molar-refractivity contribution in [1.29, 1.82) is 0 Å². The molecule has 0 saturated heterocycles. The van der Waals surface area contributed by atoms with Gasteiger partial charge in [0.2, 0.25) is 5.90 Å². The van der Waals surface area contributed by atoms with Gasteiger partial charge in [-0.3, -0.25) is 4.79 Å². The van der Waals surface area contributed by atoms with Gasteiger partial charge in [-0.05, 0) is 37.6 Å². The van der Waals surface area contributed by atoms with Crippen molar-refractivity contribution in [1.82, 2.24) is 0 Å². The number of methoxy groups -OCH3 is 1. The molecule has 0 fully saturated rings. The Bertz CT molecular complexity index is 694. The molecule has 0 atom stereocenters. The van der Waals surface area contributed by atoms with E-state index in [0.717, 1.165) is 16.3 Å². The summed E-state index contributed by atoms with van der Waals surface area (Å²) in [5.41, 5.74) is 0.350. The van der Waals surface area contributed by atoms with Gasteiger partial charge < -0.3 is 9.47 Å². The van der Waals surface area contributed by atoms with Crippen LogP contribution >= 0.6 is 0 Å². The number of hydrogen-bond donors (Lipinski definition) is 0. The smallest absolute Gasteiger partial charge is 0.328 e. The Kier molecular flexibility index (Phi) is 4.81. The minimum Gasteiger partial charge on any atom is -0.481 e. The van der Waals surface area contributed by atoms with E-state index in [-0.39, 0.29) is 12.5 Å². The third kappa shape index (κ3) is 4.07. The van der Waals surface area contributed by atoms with Gasteiger partial charge in [0, 0.05) is 5.56 Å². The van der Waals surface area contributed by atoms with E-state index in [1.165, 1.54) is 0 Å². The summed E-state index contributed by atoms with van der Waals surface area (Å²) >= 11 is 0. The number of carbonyl (C=O) groups excluding carboxylic acids is 1. The van der Waals surface area contributed by atoms with Gasteiger partial charge >= 0.3 is 5.97 Å². The van der Waals surface area contributed by atoms with Gasteiger partial charge in [-0.15, -0.1) is 0 Å². The van der Waals surface area contributed by atoms with E-state index in [4.69, 9.17) is 9.47 Å². The van der Waals surface area contributed by atoms with E-state index in [2.05, 4.69) is 4.99 Å². The van der Waals surface area contributed by atoms with Crippen LogP contribution in [0.3, 0.4) is 0 Å². The number of benzene rings is 2. The monoisotopic (exact) mass is 299 g/mol. The molecule has 0 aliphatic heterocycles. The maximum atomic E-state index is 11.8. The topological polar surface area (TPSA) is 47.9 Å². The second-order valence-corrected chi connectivity index (χ2v) is 5.94. The molecule has 116 valence electrons. The molecule has 0 aliphatic rings. The van der Waals surface area contributed by atoms with Crippen molar-refractivity contribution in [3.05, 3.63) is 48.0 Å². The van der Waals surface area contributed by atoms with Crippen LogP contribution in [0.5, 0.6) is 0 Å². The number of ether oxygens (including phenoxy) is 2. The van der Waals surface area contributed by atoms with Crippen LogP contribution in [-0.2, 0) is 14.3 Å². The molecule has 4 nitrogen and oxygen atoms in total. The number of carbonyl (C=O) groups is 1. The summed E-state index contributed by atoms with van der Waals surface area (Å²) < 4.78 is 10.6. The fourth-order valence-electron chi connectivity index (χ4n) is 2.18. The average molecular weight is 299 g/mol. The third-order valence-electron chi connectivity index (χ3n) is 2.99. The van der Waals surface area contributed by atoms with Crippen LogP contribution in [0.4, 0.5) is 0 Å². The summed E-state index contributed by atoms with van der Waals surface area (Å²) in [6.07, 6.45) is 0. The molecule has 22 heavy (non-hydrogen) atoms. The SMILES string of the molecule is COC(=NCC(=O)OC(C)(C)C)c1cccc2ccccc12. The Labute approximate surface area is 130 Å². The number of esters is 1. The first-order valence-corrected chi connectivity index (χ1v) is 7.19. The van der Waals surface area contributed by atoms with Gasteiger partial charge in [-0.2, -0.15) is 0 Å². The molecule has 2 rings (SSSR count). The van der Waals surface area contributed by atoms with E-state index < -0.39 is 5.60 Å². The highest BCUT2D eigenvalue weighted by Gasteiger charge is 2.16. The van der Waals surface area contributed by atoms with Gasteiger partial charge in [0.1, 0.15) is 12.1 Å². The summed E-state index contributed by atoms with van der Waals surface area (Å²) in [6.45, 7) is 5.42. The van der Waals surface area contributed by atoms with Crippen molar-refractivity contribution in [2.24, 2.45) is 4.99 Å². The molecule has 2 aromatic carbocycles. The van der Waals surface area contributed by atoms with Crippen molar-refractivity contribution in [3.8, 4) is 0 Å². The second kappa shape index (κ2) is 6.60. The summed E-state index contributed by atoms with van der Waals surface area (Å²) in [5.74, 6) is 0.0601. The highest BCUT2D eigenvalue weighted by molar-refractivity contribution is 6.07. The quantitative estimate of drug-likeness (QED) is 0.494. The predicted octanol–water partition coefficient (Wildman–Crippen LogP) is 3.57. The molecule has 0 radical (unpaired) electrons. The lowest BCUT2D eigenvalue weighted by atomic mass is 10.0. The first-order valence-electron chi connectivity index (χ1n) is 7.19. The Balaban J connectivity index is 2.27. The first-order chi connectivity index (χ1) is 10.4. The minimum atomic E-state index is -0.515. The summed E-state index contributed by atoms with van der Waals surface area (Å²) in [7, 11) is 1.55. The lowest BCUT2D eigenvalue weighted by Gasteiger charge is -2.18. The number of hydrogen-bond acceptors (Lipinski definition) is 4. The zero-order valence-corrected chi connectivity index (χ0v) is 13.4. The molecular weight excluding hydrogens is 278 g/mol. The van der Waals surface area contributed by atoms with Crippen molar-refractivity contribution < 1.29 is 14.3 Å². The predicted molar refractivity (Wildman–Crippen MR) is 88.2 cm³/mol. The normalized spacial score (nSPS) is 12.3. The molecule has 0 unspecified atom stereocenters. The largest absolute Gasteiger partial charge is 0.481 e. The number of fused-ring (bicyclic) bond motifs is 1. The Hall–Kier alpha value is -2.36. The van der Waals surface area contributed by atoms with Crippen LogP contribution in [0.1, 0.15) is 26.3 Å². The van der Waals surface area contributed by atoms with Crippen molar-refractivity contribution >= 4 is 22.6 Å². The van der Waals surface area contributed by atoms with Crippen molar-refractivity contribution in [3.63, 3.8) is 0 Å². The van der Waals surface area contributed by atoms with E-state index in [1.807, 2.05) is 63.2 Å². The fourth-order valence-corrected chi connectivity index (χ4v) is 2.18.